The van der Waals surface area contributed by atoms with E-state index in [9.17, 15) is 4.79 Å². The molecule has 0 aliphatic carbocycles. The van der Waals surface area contributed by atoms with Crippen LogP contribution in [0.4, 0.5) is 0 Å². The summed E-state index contributed by atoms with van der Waals surface area (Å²) in [5, 5.41) is 0.751. The summed E-state index contributed by atoms with van der Waals surface area (Å²) < 4.78 is 5.21. The average Bonchev–Trinajstić information content (AvgIpc) is 2.61. The third kappa shape index (κ3) is 2.91. The number of ether oxygens (including phenoxy) is 1. The monoisotopic (exact) mass is 317 g/mol. The summed E-state index contributed by atoms with van der Waals surface area (Å²) >= 11 is 13.8. The van der Waals surface area contributed by atoms with Crippen LogP contribution in [0.2, 0.25) is 10.0 Å². The Morgan fingerprint density at radius 1 is 1.26 bits per heavy atom. The summed E-state index contributed by atoms with van der Waals surface area (Å²) in [6, 6.07) is 3.22. The van der Waals surface area contributed by atoms with E-state index in [0.29, 0.717) is 21.2 Å². The highest BCUT2D eigenvalue weighted by molar-refractivity contribution is 7.98. The van der Waals surface area contributed by atoms with Crippen molar-refractivity contribution < 1.29 is 9.53 Å². The number of fused-ring (bicyclic) bond motifs is 1. The van der Waals surface area contributed by atoms with Crippen LogP contribution >= 0.6 is 35.0 Å². The lowest BCUT2D eigenvalue weighted by atomic mass is 10.1. The van der Waals surface area contributed by atoms with Gasteiger partial charge in [0.1, 0.15) is 0 Å². The van der Waals surface area contributed by atoms with Gasteiger partial charge in [-0.25, -0.2) is 9.79 Å². The van der Waals surface area contributed by atoms with Crippen molar-refractivity contribution in [3.05, 3.63) is 33.3 Å². The van der Waals surface area contributed by atoms with Crippen molar-refractivity contribution in [1.82, 2.24) is 0 Å². The van der Waals surface area contributed by atoms with Crippen molar-refractivity contribution in [2.24, 2.45) is 4.99 Å². The molecule has 0 amide bonds. The number of thioether (sulfide) groups is 1. The number of halogens is 2. The number of aliphatic imine (C=N–C) groups is 1. The molecule has 1 aliphatic heterocycles. The van der Waals surface area contributed by atoms with E-state index in [1.807, 2.05) is 20.1 Å². The van der Waals surface area contributed by atoms with E-state index in [1.165, 1.54) is 0 Å². The number of benzene rings is 1. The predicted molar refractivity (Wildman–Crippen MR) is 80.9 cm³/mol. The second-order valence-corrected chi connectivity index (χ2v) is 6.51. The number of nitrogens with zero attached hydrogens (tertiary/aromatic N) is 1. The predicted octanol–water partition coefficient (Wildman–Crippen LogP) is 4.05. The third-order valence-corrected chi connectivity index (χ3v) is 4.24. The lowest BCUT2D eigenvalue weighted by Gasteiger charge is -2.18. The van der Waals surface area contributed by atoms with Crippen molar-refractivity contribution in [3.8, 4) is 0 Å². The molecule has 1 aromatic carbocycles. The van der Waals surface area contributed by atoms with E-state index in [1.54, 1.807) is 23.9 Å². The van der Waals surface area contributed by atoms with E-state index >= 15 is 0 Å². The summed E-state index contributed by atoms with van der Waals surface area (Å²) in [4.78, 5) is 16.3. The Bertz CT molecular complexity index is 570. The fraction of sp³-hybridized carbons (Fsp3) is 0.385. The summed E-state index contributed by atoms with van der Waals surface area (Å²) in [5.74, 6) is 0.564. The van der Waals surface area contributed by atoms with Crippen LogP contribution in [0, 0.1) is 0 Å². The van der Waals surface area contributed by atoms with Gasteiger partial charge in [0.05, 0.1) is 26.7 Å². The zero-order valence-electron chi connectivity index (χ0n) is 10.8. The number of hydrogen-bond acceptors (Lipinski definition) is 4. The number of hydrogen-bond donors (Lipinski definition) is 0. The number of rotatable bonds is 3. The van der Waals surface area contributed by atoms with Crippen molar-refractivity contribution >= 4 is 46.8 Å². The van der Waals surface area contributed by atoms with E-state index < -0.39 is 5.97 Å². The van der Waals surface area contributed by atoms with Crippen LogP contribution in [0.25, 0.3) is 0 Å². The summed E-state index contributed by atoms with van der Waals surface area (Å²) in [6.45, 7) is 3.95. The van der Waals surface area contributed by atoms with Gasteiger partial charge in [-0.3, -0.25) is 0 Å². The molecule has 0 N–H and O–H groups in total. The highest BCUT2D eigenvalue weighted by Crippen LogP contribution is 2.34. The van der Waals surface area contributed by atoms with Crippen molar-refractivity contribution in [3.63, 3.8) is 0 Å². The molecule has 0 saturated heterocycles. The zero-order valence-corrected chi connectivity index (χ0v) is 13.1. The highest BCUT2D eigenvalue weighted by atomic mass is 35.5. The first kappa shape index (κ1) is 14.7. The largest absolute Gasteiger partial charge is 0.403 e. The molecule has 0 unspecified atom stereocenters. The van der Waals surface area contributed by atoms with Gasteiger partial charge in [0, 0.05) is 5.75 Å². The molecule has 19 heavy (non-hydrogen) atoms. The van der Waals surface area contributed by atoms with E-state index in [4.69, 9.17) is 27.9 Å². The molecule has 1 heterocycles. The van der Waals surface area contributed by atoms with Gasteiger partial charge in [-0.05, 0) is 32.2 Å². The van der Waals surface area contributed by atoms with Gasteiger partial charge in [0.25, 0.3) is 0 Å². The van der Waals surface area contributed by atoms with Crippen LogP contribution in [-0.4, -0.2) is 29.4 Å². The summed E-state index contributed by atoms with van der Waals surface area (Å²) in [5.41, 5.74) is 0.448. The van der Waals surface area contributed by atoms with Gasteiger partial charge in [0.2, 0.25) is 5.90 Å². The maximum atomic E-state index is 11.8. The van der Waals surface area contributed by atoms with Crippen LogP contribution in [0.15, 0.2) is 17.1 Å². The second kappa shape index (κ2) is 5.35. The van der Waals surface area contributed by atoms with E-state index in [0.717, 1.165) is 5.75 Å². The lowest BCUT2D eigenvalue weighted by Crippen LogP contribution is -2.23. The molecule has 0 aromatic heterocycles. The molecule has 0 spiro atoms. The molecule has 0 radical (unpaired) electrons. The lowest BCUT2D eigenvalue weighted by molar-refractivity contribution is 0.0736. The fourth-order valence-electron chi connectivity index (χ4n) is 1.89. The molecule has 0 fully saturated rings. The maximum absolute atomic E-state index is 11.8. The molecule has 0 saturated carbocycles. The molecule has 0 atom stereocenters. The molecular formula is C13H13Cl2NO2S. The zero-order chi connectivity index (χ0) is 14.2. The van der Waals surface area contributed by atoms with Gasteiger partial charge >= 0.3 is 5.97 Å². The van der Waals surface area contributed by atoms with Crippen LogP contribution in [0.5, 0.6) is 0 Å². The second-order valence-electron chi connectivity index (χ2n) is 4.83. The van der Waals surface area contributed by atoms with Gasteiger partial charge in [0.15, 0.2) is 0 Å². The average molecular weight is 318 g/mol. The smallest absolute Gasteiger partial charge is 0.347 e. The number of esters is 1. The number of carbonyl (C=O) groups is 1. The Morgan fingerprint density at radius 2 is 1.84 bits per heavy atom. The van der Waals surface area contributed by atoms with Gasteiger partial charge < -0.3 is 4.74 Å². The van der Waals surface area contributed by atoms with Crippen LogP contribution in [0.3, 0.4) is 0 Å². The molecule has 0 bridgehead atoms. The molecule has 3 nitrogen and oxygen atoms in total. The standard InChI is InChI=1S/C13H13Cl2NO2S/c1-13(2,6-19-3)16-11-9-7(14)4-5-8(15)10(9)12(17)18-11/h4-5H,6H2,1-3H3. The Hall–Kier alpha value is -0.710. The molecular weight excluding hydrogens is 305 g/mol. The molecule has 6 heteroatoms. The van der Waals surface area contributed by atoms with E-state index in [-0.39, 0.29) is 11.4 Å². The topological polar surface area (TPSA) is 38.7 Å². The Balaban J connectivity index is 2.53. The van der Waals surface area contributed by atoms with Crippen LogP contribution < -0.4 is 0 Å². The fourth-order valence-corrected chi connectivity index (χ4v) is 3.13. The highest BCUT2D eigenvalue weighted by Gasteiger charge is 2.34. The molecule has 102 valence electrons. The summed E-state index contributed by atoms with van der Waals surface area (Å²) in [7, 11) is 0. The Labute approximate surface area is 126 Å². The Morgan fingerprint density at radius 3 is 2.42 bits per heavy atom. The van der Waals surface area contributed by atoms with Crippen molar-refractivity contribution in [1.29, 1.82) is 0 Å². The quantitative estimate of drug-likeness (QED) is 0.789. The number of carbonyl (C=O) groups excluding carboxylic acids is 1. The molecule has 2 rings (SSSR count). The SMILES string of the molecule is CSCC(C)(C)N=C1OC(=O)c2c(Cl)ccc(Cl)c21. The minimum absolute atomic E-state index is 0.256. The van der Waals surface area contributed by atoms with Gasteiger partial charge in [-0.2, -0.15) is 11.8 Å². The maximum Gasteiger partial charge on any atom is 0.347 e. The van der Waals surface area contributed by atoms with Crippen LogP contribution in [0.1, 0.15) is 29.8 Å². The minimum atomic E-state index is -0.499. The van der Waals surface area contributed by atoms with Gasteiger partial charge in [-0.1, -0.05) is 23.2 Å². The molecule has 1 aliphatic rings. The number of cyclic esters (lactones) is 1. The van der Waals surface area contributed by atoms with E-state index in [2.05, 4.69) is 4.99 Å². The first-order valence-corrected chi connectivity index (χ1v) is 7.80. The van der Waals surface area contributed by atoms with Crippen molar-refractivity contribution in [2.75, 3.05) is 12.0 Å². The summed E-state index contributed by atoms with van der Waals surface area (Å²) in [6.07, 6.45) is 2.00. The van der Waals surface area contributed by atoms with Crippen LogP contribution in [-0.2, 0) is 4.74 Å². The minimum Gasteiger partial charge on any atom is -0.403 e. The first-order chi connectivity index (χ1) is 8.85. The Kier molecular flexibility index (Phi) is 4.14. The first-order valence-electron chi connectivity index (χ1n) is 5.65. The van der Waals surface area contributed by atoms with Crippen molar-refractivity contribution in [2.45, 2.75) is 19.4 Å². The third-order valence-electron chi connectivity index (χ3n) is 2.61. The normalized spacial score (nSPS) is 16.7. The van der Waals surface area contributed by atoms with Gasteiger partial charge in [-0.15, -0.1) is 0 Å². The molecule has 1 aromatic rings.